The van der Waals surface area contributed by atoms with Gasteiger partial charge >= 0.3 is 5.97 Å². The average molecular weight is 2620 g/mol. The standard InChI is InChI=1S/C33H32Br2O.C32H28Br2.C19H12Br2O.C15H13Br2NO2.C14H10Br2O2.C13H17Br/c1-32(2,3)20-24-17-23-18-27(11-15-31(23)24)33(36,26-7-5-4-6-8-26)21-25-19-29(35)14-16-30(25)22-9-12-28(34)13-10-22;1-31(2,3)19-21-15-20-16-23(9-12-26(20)21)32(22-7-5-4-6-8-22)29-17-24(33)10-13-27(29)28-14-11-25(34)18-30(28)32;20-15-8-6-13(7-9-15)17-11-10-16(21)12-18(17)19(22)14-4-2-1-3-5-14;1-18(20-2)15(19)14-9-12(17)7-8-13(14)10-3-5-11(16)6-4-10;1-18-14(17)13-8-11(16)6-7-12(13)9-2-4-10(15)5-3-9;1-13(2,3)8-10-6-9-7-11(14)4-5-12(9)10/h4-16,18-19,24,36H,17,20-21H2,1-3H3;4-14,16-18,21H,15,19H2,1-3H3;1-12H;3-9H,1-2H3;2-8H,1H3;4-5,7,10H,6,8H2,1-3H3. The number of carbonyl (C=O) groups is 3. The maximum atomic E-state index is 12.8. The predicted molar refractivity (Wildman–Crippen MR) is 634 cm³/mol. The summed E-state index contributed by atoms with van der Waals surface area (Å²) >= 11 is 38.8. The first-order valence-corrected chi connectivity index (χ1v) is 56.6. The molecule has 0 spiro atoms. The Labute approximate surface area is 941 Å². The van der Waals surface area contributed by atoms with Crippen LogP contribution in [0.4, 0.5) is 0 Å². The predicted octanol–water partition coefficient (Wildman–Crippen LogP) is 38.9. The van der Waals surface area contributed by atoms with Crippen molar-refractivity contribution in [1.82, 2.24) is 5.06 Å². The summed E-state index contributed by atoms with van der Waals surface area (Å²) in [4.78, 5) is 41.9. The number of methoxy groups -OCH3 is 1. The minimum Gasteiger partial charge on any atom is -0.465 e. The van der Waals surface area contributed by atoms with Gasteiger partial charge in [0.05, 0.1) is 30.8 Å². The van der Waals surface area contributed by atoms with Gasteiger partial charge in [-0.1, -0.05) is 456 Å². The van der Waals surface area contributed by atoms with E-state index in [4.69, 9.17) is 9.57 Å². The van der Waals surface area contributed by atoms with Gasteiger partial charge in [0.1, 0.15) is 5.60 Å². The summed E-state index contributed by atoms with van der Waals surface area (Å²) in [7, 11) is 4.44. The summed E-state index contributed by atoms with van der Waals surface area (Å²) in [5.74, 6) is 1.61. The first-order valence-electron chi connectivity index (χ1n) is 47.8. The lowest BCUT2D eigenvalue weighted by Gasteiger charge is -2.39. The Kier molecular flexibility index (Phi) is 36.4. The van der Waals surface area contributed by atoms with Gasteiger partial charge < -0.3 is 9.84 Å². The molecule has 144 heavy (non-hydrogen) atoms. The number of hydrogen-bond donors (Lipinski definition) is 1. The number of aliphatic hydroxyl groups is 1. The van der Waals surface area contributed by atoms with Gasteiger partial charge in [0, 0.05) is 73.8 Å². The quantitative estimate of drug-likeness (QED) is 0.0523. The lowest BCUT2D eigenvalue weighted by Crippen LogP contribution is -2.32. The van der Waals surface area contributed by atoms with Gasteiger partial charge in [-0.05, 0) is 334 Å². The highest BCUT2D eigenvalue weighted by Gasteiger charge is 2.48. The van der Waals surface area contributed by atoms with E-state index >= 15 is 0 Å². The molecule has 1 N–H and O–H groups in total. The second kappa shape index (κ2) is 47.9. The zero-order valence-electron chi connectivity index (χ0n) is 82.3. The van der Waals surface area contributed by atoms with Crippen LogP contribution in [0.15, 0.2) is 401 Å². The molecular formula is C126H112Br11NO6. The van der Waals surface area contributed by atoms with Crippen LogP contribution in [0.3, 0.4) is 0 Å². The minimum atomic E-state index is -1.14. The van der Waals surface area contributed by atoms with Crippen LogP contribution < -0.4 is 0 Å². The molecule has 1 amide bonds. The van der Waals surface area contributed by atoms with Crippen molar-refractivity contribution < 1.29 is 29.1 Å². The van der Waals surface area contributed by atoms with Crippen LogP contribution in [0.5, 0.6) is 0 Å². The molecule has 20 rings (SSSR count). The van der Waals surface area contributed by atoms with E-state index in [0.29, 0.717) is 56.8 Å². The molecule has 0 heterocycles. The van der Waals surface area contributed by atoms with E-state index in [-0.39, 0.29) is 23.1 Å². The lowest BCUT2D eigenvalue weighted by molar-refractivity contribution is -0.0756. The molecule has 0 saturated heterocycles. The maximum Gasteiger partial charge on any atom is 0.338 e. The molecule has 7 nitrogen and oxygen atoms in total. The molecule has 16 aromatic carbocycles. The van der Waals surface area contributed by atoms with Crippen LogP contribution in [-0.4, -0.2) is 49.1 Å². The Balaban J connectivity index is 0.000000134. The summed E-state index contributed by atoms with van der Waals surface area (Å²) < 4.78 is 15.9. The fraction of sp³-hybridized carbons (Fsp3) is 0.214. The number of carbonyl (C=O) groups excluding carboxylic acids is 3. The van der Waals surface area contributed by atoms with E-state index in [1.165, 1.54) is 111 Å². The zero-order valence-corrected chi connectivity index (χ0v) is 99.7. The number of halogens is 11. The highest BCUT2D eigenvalue weighted by Crippen LogP contribution is 2.59. The fourth-order valence-electron chi connectivity index (χ4n) is 20.1. The van der Waals surface area contributed by atoms with Crippen molar-refractivity contribution in [3.63, 3.8) is 0 Å². The summed E-state index contributed by atoms with van der Waals surface area (Å²) in [6, 6.07) is 120. The largest absolute Gasteiger partial charge is 0.465 e. The molecular weight excluding hydrogens is 2500 g/mol. The Morgan fingerprint density at radius 2 is 0.660 bits per heavy atom. The molecule has 0 aromatic heterocycles. The normalized spacial score (nSPS) is 14.6. The molecule has 4 unspecified atom stereocenters. The van der Waals surface area contributed by atoms with Gasteiger partial charge in [-0.3, -0.25) is 14.4 Å². The van der Waals surface area contributed by atoms with Crippen LogP contribution in [-0.2, 0) is 46.3 Å². The van der Waals surface area contributed by atoms with Gasteiger partial charge in [-0.2, -0.15) is 0 Å². The van der Waals surface area contributed by atoms with Crippen LogP contribution in [0.2, 0.25) is 0 Å². The van der Waals surface area contributed by atoms with Gasteiger partial charge in [0.2, 0.25) is 0 Å². The molecule has 4 aliphatic carbocycles. The van der Waals surface area contributed by atoms with Crippen molar-refractivity contribution in [2.75, 3.05) is 21.3 Å². The average Bonchev–Trinajstić information content (AvgIpc) is 1.52. The van der Waals surface area contributed by atoms with Crippen LogP contribution in [0, 0.1) is 16.2 Å². The topological polar surface area (TPSA) is 93.1 Å². The number of nitrogens with zero attached hydrogens (tertiary/aromatic N) is 1. The second-order valence-electron chi connectivity index (χ2n) is 40.6. The number of amides is 1. The zero-order chi connectivity index (χ0) is 103. The Morgan fingerprint density at radius 1 is 0.326 bits per heavy atom. The van der Waals surface area contributed by atoms with Crippen molar-refractivity contribution in [1.29, 1.82) is 0 Å². The van der Waals surface area contributed by atoms with Crippen molar-refractivity contribution in [2.45, 2.75) is 136 Å². The number of hydrogen-bond acceptors (Lipinski definition) is 6. The van der Waals surface area contributed by atoms with E-state index in [0.717, 1.165) is 118 Å². The monoisotopic (exact) mass is 2600 g/mol. The Bertz CT molecular complexity index is 7250. The molecule has 18 heteroatoms. The molecule has 0 radical (unpaired) electrons. The van der Waals surface area contributed by atoms with Gasteiger partial charge in [0.25, 0.3) is 5.91 Å². The number of ketones is 1. The third kappa shape index (κ3) is 26.6. The van der Waals surface area contributed by atoms with Gasteiger partial charge in [-0.15, -0.1) is 0 Å². The van der Waals surface area contributed by atoms with Gasteiger partial charge in [-0.25, -0.2) is 9.86 Å². The van der Waals surface area contributed by atoms with Crippen LogP contribution >= 0.6 is 175 Å². The summed E-state index contributed by atoms with van der Waals surface area (Å²) in [6.07, 6.45) is 7.76. The smallest absolute Gasteiger partial charge is 0.338 e. The molecule has 16 aromatic rings. The first kappa shape index (κ1) is 110. The van der Waals surface area contributed by atoms with E-state index in [1.54, 1.807) is 30.3 Å². The van der Waals surface area contributed by atoms with Crippen LogP contribution in [0.25, 0.3) is 55.6 Å². The Hall–Kier alpha value is -8.67. The summed E-state index contributed by atoms with van der Waals surface area (Å²) in [6.45, 7) is 21.0. The van der Waals surface area contributed by atoms with Crippen molar-refractivity contribution in [3.8, 4) is 55.6 Å². The third-order valence-corrected chi connectivity index (χ3v) is 32.2. The number of rotatable bonds is 18. The van der Waals surface area contributed by atoms with Crippen molar-refractivity contribution in [3.05, 3.63) is 496 Å². The molecule has 0 bridgehead atoms. The number of benzene rings is 16. The lowest BCUT2D eigenvalue weighted by atomic mass is 9.64. The molecule has 0 aliphatic heterocycles. The molecule has 0 saturated carbocycles. The fourth-order valence-corrected chi connectivity index (χ4v) is 23.7. The SMILES string of the molecule is CC(C)(C)CC1Cc2cc(Br)ccc21.CC(C)(C)CC1Cc2cc(C(O)(Cc3cc(Br)ccc3-c3ccc(Br)cc3)c3ccccc3)ccc21.CC(C)(C)CC1Cc2cc(C3(c4ccccc4)c4cc(Br)ccc4-c4ccc(Br)cc43)ccc21.COC(=O)c1cc(Br)ccc1-c1ccc(Br)cc1.CON(C)C(=O)c1cc(Br)ccc1-c1ccc(Br)cc1.O=C(c1ccccc1)c1cc(Br)ccc1-c1ccc(Br)cc1. The minimum absolute atomic E-state index is 0.0276. The highest BCUT2D eigenvalue weighted by atomic mass is 79.9. The maximum absolute atomic E-state index is 12.8. The molecule has 4 atom stereocenters. The van der Waals surface area contributed by atoms with E-state index in [1.807, 2.05) is 176 Å². The molecule has 0 fully saturated rings. The van der Waals surface area contributed by atoms with Crippen molar-refractivity contribution >= 4 is 193 Å². The Morgan fingerprint density at radius 3 is 1.08 bits per heavy atom. The van der Waals surface area contributed by atoms with Crippen LogP contribution in [0.1, 0.15) is 208 Å². The second-order valence-corrected chi connectivity index (χ2v) is 50.7. The van der Waals surface area contributed by atoms with Gasteiger partial charge in [0.15, 0.2) is 5.78 Å². The van der Waals surface area contributed by atoms with E-state index in [9.17, 15) is 19.5 Å². The number of hydroxylamine groups is 2. The van der Waals surface area contributed by atoms with E-state index in [2.05, 4.69) is 401 Å². The first-order chi connectivity index (χ1) is 68.6. The highest BCUT2D eigenvalue weighted by molar-refractivity contribution is 9.12. The number of ether oxygens (including phenoxy) is 1. The van der Waals surface area contributed by atoms with E-state index < -0.39 is 5.60 Å². The summed E-state index contributed by atoms with van der Waals surface area (Å²) in [5.41, 5.74) is 30.1. The third-order valence-electron chi connectivity index (χ3n) is 26.7. The number of fused-ring (bicyclic) bond motifs is 6. The molecule has 734 valence electrons. The van der Waals surface area contributed by atoms with Crippen molar-refractivity contribution in [2.24, 2.45) is 16.2 Å². The molecule has 4 aliphatic rings. The summed E-state index contributed by atoms with van der Waals surface area (Å²) in [5, 5.41) is 13.7. The number of esters is 1.